The number of rotatable bonds is 5. The van der Waals surface area contributed by atoms with Crippen molar-refractivity contribution in [3.8, 4) is 0 Å². The van der Waals surface area contributed by atoms with Crippen LogP contribution in [0.1, 0.15) is 39.2 Å². The minimum atomic E-state index is -0.475. The fourth-order valence-corrected chi connectivity index (χ4v) is 4.21. The standard InChI is InChI=1S/C23H32N6O4/c1-23(2,3)33-22(32)27-14-12-26(13-15-27)9-4-6-17-7-5-10-28-19(16-24-20(17)28)29-11-8-18(30)25-21(29)31/h5,7,10,16H,4,6,8-9,11-15H2,1-3H3,(H,25,30,31). The summed E-state index contributed by atoms with van der Waals surface area (Å²) in [5, 5.41) is 2.36. The van der Waals surface area contributed by atoms with Crippen LogP contribution in [0.3, 0.4) is 0 Å². The second-order valence-corrected chi connectivity index (χ2v) is 9.51. The number of hydrogen-bond acceptors (Lipinski definition) is 6. The van der Waals surface area contributed by atoms with Crippen LogP contribution in [-0.4, -0.2) is 82.1 Å². The van der Waals surface area contributed by atoms with Gasteiger partial charge in [0.15, 0.2) is 0 Å². The van der Waals surface area contributed by atoms with Gasteiger partial charge in [0.05, 0.1) is 6.20 Å². The summed E-state index contributed by atoms with van der Waals surface area (Å²) in [5.74, 6) is 0.410. The summed E-state index contributed by atoms with van der Waals surface area (Å²) in [4.78, 5) is 46.2. The van der Waals surface area contributed by atoms with Gasteiger partial charge in [0, 0.05) is 45.3 Å². The summed E-state index contributed by atoms with van der Waals surface area (Å²) in [6, 6.07) is 3.61. The van der Waals surface area contributed by atoms with Crippen molar-refractivity contribution >= 4 is 29.5 Å². The third kappa shape index (κ3) is 5.44. The van der Waals surface area contributed by atoms with Gasteiger partial charge in [-0.15, -0.1) is 0 Å². The van der Waals surface area contributed by atoms with E-state index >= 15 is 0 Å². The molecule has 4 amide bonds. The molecule has 1 N–H and O–H groups in total. The summed E-state index contributed by atoms with van der Waals surface area (Å²) in [5.41, 5.74) is 1.47. The van der Waals surface area contributed by atoms with E-state index in [1.807, 2.05) is 37.4 Å². The summed E-state index contributed by atoms with van der Waals surface area (Å²) in [6.45, 7) is 9.94. The number of pyridine rings is 1. The number of amides is 4. The number of ether oxygens (including phenoxy) is 1. The lowest BCUT2D eigenvalue weighted by molar-refractivity contribution is -0.120. The molecule has 2 saturated heterocycles. The van der Waals surface area contributed by atoms with Gasteiger partial charge in [0.2, 0.25) is 5.91 Å². The molecule has 0 unspecified atom stereocenters. The molecule has 4 heterocycles. The summed E-state index contributed by atoms with van der Waals surface area (Å²) in [6.07, 6.45) is 5.44. The van der Waals surface area contributed by atoms with Crippen LogP contribution in [0, 0.1) is 0 Å². The number of nitrogens with zero attached hydrogens (tertiary/aromatic N) is 5. The second-order valence-electron chi connectivity index (χ2n) is 9.51. The summed E-state index contributed by atoms with van der Waals surface area (Å²) >= 11 is 0. The van der Waals surface area contributed by atoms with E-state index in [9.17, 15) is 14.4 Å². The molecule has 0 bridgehead atoms. The first kappa shape index (κ1) is 23.0. The number of hydrogen-bond donors (Lipinski definition) is 1. The van der Waals surface area contributed by atoms with Gasteiger partial charge in [-0.1, -0.05) is 6.07 Å². The number of aryl methyl sites for hydroxylation is 1. The number of carbonyl (C=O) groups is 3. The third-order valence-electron chi connectivity index (χ3n) is 5.87. The van der Waals surface area contributed by atoms with E-state index < -0.39 is 11.6 Å². The molecule has 33 heavy (non-hydrogen) atoms. The van der Waals surface area contributed by atoms with Crippen molar-refractivity contribution in [2.24, 2.45) is 0 Å². The monoisotopic (exact) mass is 456 g/mol. The van der Waals surface area contributed by atoms with E-state index in [1.165, 1.54) is 0 Å². The summed E-state index contributed by atoms with van der Waals surface area (Å²) in [7, 11) is 0. The molecule has 0 aromatic carbocycles. The molecule has 178 valence electrons. The van der Waals surface area contributed by atoms with Gasteiger partial charge in [-0.05, 0) is 51.8 Å². The Bertz CT molecular complexity index is 1040. The highest BCUT2D eigenvalue weighted by atomic mass is 16.6. The molecule has 0 atom stereocenters. The Morgan fingerprint density at radius 3 is 2.61 bits per heavy atom. The average molecular weight is 457 g/mol. The van der Waals surface area contributed by atoms with Gasteiger partial charge in [-0.3, -0.25) is 24.3 Å². The van der Waals surface area contributed by atoms with Crippen molar-refractivity contribution < 1.29 is 19.1 Å². The van der Waals surface area contributed by atoms with Crippen molar-refractivity contribution in [1.29, 1.82) is 0 Å². The molecule has 2 fully saturated rings. The SMILES string of the molecule is CC(C)(C)OC(=O)N1CCN(CCCc2cccn3c(N4CCC(=O)NC4=O)cnc23)CC1. The number of urea groups is 1. The van der Waals surface area contributed by atoms with Crippen molar-refractivity contribution in [1.82, 2.24) is 24.5 Å². The lowest BCUT2D eigenvalue weighted by Gasteiger charge is -2.35. The van der Waals surface area contributed by atoms with Gasteiger partial charge >= 0.3 is 12.1 Å². The Kier molecular flexibility index (Phi) is 6.55. The lowest BCUT2D eigenvalue weighted by Crippen LogP contribution is -2.50. The highest BCUT2D eigenvalue weighted by Gasteiger charge is 2.27. The first-order chi connectivity index (χ1) is 15.7. The quantitative estimate of drug-likeness (QED) is 0.741. The Hall–Kier alpha value is -3.14. The van der Waals surface area contributed by atoms with Gasteiger partial charge in [-0.2, -0.15) is 0 Å². The molecule has 2 aromatic heterocycles. The van der Waals surface area contributed by atoms with Crippen LogP contribution >= 0.6 is 0 Å². The van der Waals surface area contributed by atoms with Crippen LogP contribution in [0.4, 0.5) is 15.4 Å². The number of fused-ring (bicyclic) bond motifs is 1. The van der Waals surface area contributed by atoms with Gasteiger partial charge in [0.25, 0.3) is 0 Å². The van der Waals surface area contributed by atoms with Gasteiger partial charge < -0.3 is 9.64 Å². The molecule has 0 spiro atoms. The highest BCUT2D eigenvalue weighted by molar-refractivity contribution is 6.05. The number of carbonyl (C=O) groups excluding carboxylic acids is 3. The maximum atomic E-state index is 12.2. The van der Waals surface area contributed by atoms with Crippen LogP contribution in [-0.2, 0) is 16.0 Å². The predicted molar refractivity (Wildman–Crippen MR) is 123 cm³/mol. The zero-order valence-corrected chi connectivity index (χ0v) is 19.5. The van der Waals surface area contributed by atoms with Gasteiger partial charge in [0.1, 0.15) is 17.1 Å². The van der Waals surface area contributed by atoms with Crippen LogP contribution in [0.25, 0.3) is 5.65 Å². The lowest BCUT2D eigenvalue weighted by atomic mass is 10.1. The Morgan fingerprint density at radius 1 is 1.15 bits per heavy atom. The Morgan fingerprint density at radius 2 is 1.91 bits per heavy atom. The smallest absolute Gasteiger partial charge is 0.410 e. The van der Waals surface area contributed by atoms with E-state index in [4.69, 9.17) is 4.74 Å². The van der Waals surface area contributed by atoms with Crippen LogP contribution in [0.5, 0.6) is 0 Å². The average Bonchev–Trinajstić information content (AvgIpc) is 3.18. The summed E-state index contributed by atoms with van der Waals surface area (Å²) < 4.78 is 7.37. The molecule has 2 aliphatic rings. The van der Waals surface area contributed by atoms with Crippen LogP contribution in [0.15, 0.2) is 24.5 Å². The van der Waals surface area contributed by atoms with E-state index in [1.54, 1.807) is 16.0 Å². The fraction of sp³-hybridized carbons (Fsp3) is 0.565. The zero-order valence-electron chi connectivity index (χ0n) is 19.5. The highest BCUT2D eigenvalue weighted by Crippen LogP contribution is 2.22. The number of imidazole rings is 1. The number of nitrogens with one attached hydrogen (secondary N) is 1. The third-order valence-corrected chi connectivity index (χ3v) is 5.87. The fourth-order valence-electron chi connectivity index (χ4n) is 4.21. The molecular formula is C23H32N6O4. The maximum Gasteiger partial charge on any atom is 0.410 e. The zero-order chi connectivity index (χ0) is 23.6. The molecular weight excluding hydrogens is 424 g/mol. The molecule has 4 rings (SSSR count). The first-order valence-corrected chi connectivity index (χ1v) is 11.5. The Labute approximate surface area is 193 Å². The number of piperazine rings is 1. The molecule has 0 aliphatic carbocycles. The Balaban J connectivity index is 1.31. The number of imide groups is 1. The number of aromatic nitrogens is 2. The normalized spacial score (nSPS) is 18.0. The maximum absolute atomic E-state index is 12.2. The first-order valence-electron chi connectivity index (χ1n) is 11.5. The van der Waals surface area contributed by atoms with Crippen molar-refractivity contribution in [2.45, 2.75) is 45.6 Å². The van der Waals surface area contributed by atoms with Crippen LogP contribution in [0.2, 0.25) is 0 Å². The van der Waals surface area contributed by atoms with Crippen molar-refractivity contribution in [3.05, 3.63) is 30.1 Å². The second kappa shape index (κ2) is 9.38. The van der Waals surface area contributed by atoms with E-state index in [2.05, 4.69) is 21.3 Å². The van der Waals surface area contributed by atoms with Crippen LogP contribution < -0.4 is 10.2 Å². The van der Waals surface area contributed by atoms with Crippen molar-refractivity contribution in [2.75, 3.05) is 44.2 Å². The molecule has 10 heteroatoms. The molecule has 10 nitrogen and oxygen atoms in total. The minimum Gasteiger partial charge on any atom is -0.444 e. The largest absolute Gasteiger partial charge is 0.444 e. The van der Waals surface area contributed by atoms with Crippen molar-refractivity contribution in [3.63, 3.8) is 0 Å². The van der Waals surface area contributed by atoms with E-state index in [0.29, 0.717) is 25.5 Å². The molecule has 2 aliphatic heterocycles. The van der Waals surface area contributed by atoms with E-state index in [0.717, 1.165) is 43.7 Å². The minimum absolute atomic E-state index is 0.240. The van der Waals surface area contributed by atoms with E-state index in [-0.39, 0.29) is 18.4 Å². The molecule has 0 saturated carbocycles. The molecule has 2 aromatic rings. The predicted octanol–water partition coefficient (Wildman–Crippen LogP) is 2.27. The number of anilines is 1. The van der Waals surface area contributed by atoms with Gasteiger partial charge in [-0.25, -0.2) is 14.6 Å². The molecule has 0 radical (unpaired) electrons. The topological polar surface area (TPSA) is 99.5 Å².